The molecule has 1 heterocycles. The minimum atomic E-state index is -3.22. The first-order chi connectivity index (χ1) is 7.62. The fourth-order valence-corrected chi connectivity index (χ4v) is 3.50. The molecule has 1 saturated heterocycles. The number of rotatable bonds is 3. The summed E-state index contributed by atoms with van der Waals surface area (Å²) in [4.78, 5) is 0. The normalized spacial score (nSPS) is 20.9. The molecule has 1 atom stereocenters. The fourth-order valence-electron chi connectivity index (χ4n) is 1.89. The van der Waals surface area contributed by atoms with Gasteiger partial charge in [0.1, 0.15) is 0 Å². The van der Waals surface area contributed by atoms with Gasteiger partial charge in [-0.15, -0.1) is 0 Å². The number of benzene rings is 1. The van der Waals surface area contributed by atoms with Gasteiger partial charge >= 0.3 is 0 Å². The van der Waals surface area contributed by atoms with Crippen LogP contribution in [0.1, 0.15) is 6.42 Å². The molecule has 0 spiro atoms. The van der Waals surface area contributed by atoms with Crippen molar-refractivity contribution in [1.82, 2.24) is 5.32 Å². The Hall–Kier alpha value is -1.07. The van der Waals surface area contributed by atoms with E-state index in [1.807, 2.05) is 18.2 Å². The molecule has 1 aromatic carbocycles. The van der Waals surface area contributed by atoms with E-state index in [0.29, 0.717) is 13.0 Å². The average molecular weight is 240 g/mol. The zero-order chi connectivity index (χ0) is 11.6. The van der Waals surface area contributed by atoms with Crippen LogP contribution < -0.4 is 9.62 Å². The largest absolute Gasteiger partial charge is 0.315 e. The van der Waals surface area contributed by atoms with Crippen LogP contribution in [0.2, 0.25) is 0 Å². The van der Waals surface area contributed by atoms with E-state index in [2.05, 4.69) is 5.32 Å². The van der Waals surface area contributed by atoms with Gasteiger partial charge in [-0.2, -0.15) is 0 Å². The molecule has 1 N–H and O–H groups in total. The van der Waals surface area contributed by atoms with Crippen LogP contribution in [-0.2, 0) is 10.0 Å². The fraction of sp³-hybridized carbons (Fsp3) is 0.455. The number of hydrogen-bond donors (Lipinski definition) is 1. The smallest absolute Gasteiger partial charge is 0.239 e. The first-order valence-corrected chi connectivity index (χ1v) is 6.86. The van der Waals surface area contributed by atoms with Gasteiger partial charge in [0, 0.05) is 13.6 Å². The molecule has 0 radical (unpaired) electrons. The zero-order valence-corrected chi connectivity index (χ0v) is 10.1. The monoisotopic (exact) mass is 240 g/mol. The van der Waals surface area contributed by atoms with Gasteiger partial charge < -0.3 is 5.32 Å². The maximum atomic E-state index is 12.2. The molecule has 1 unspecified atom stereocenters. The SMILES string of the molecule is CN(c1ccccc1)S(=O)(=O)C1CCNC1. The number of sulfonamides is 1. The van der Waals surface area contributed by atoms with Crippen molar-refractivity contribution in [2.24, 2.45) is 0 Å². The quantitative estimate of drug-likeness (QED) is 0.850. The number of anilines is 1. The Labute approximate surface area is 96.3 Å². The number of nitrogens with one attached hydrogen (secondary N) is 1. The third kappa shape index (κ3) is 2.05. The Bertz CT molecular complexity index is 438. The first kappa shape index (κ1) is 11.4. The van der Waals surface area contributed by atoms with Crippen molar-refractivity contribution in [3.05, 3.63) is 30.3 Å². The topological polar surface area (TPSA) is 49.4 Å². The molecule has 16 heavy (non-hydrogen) atoms. The van der Waals surface area contributed by atoms with Gasteiger partial charge in [-0.3, -0.25) is 4.31 Å². The van der Waals surface area contributed by atoms with E-state index >= 15 is 0 Å². The summed E-state index contributed by atoms with van der Waals surface area (Å²) in [5.74, 6) is 0. The minimum absolute atomic E-state index is 0.294. The lowest BCUT2D eigenvalue weighted by Gasteiger charge is -2.22. The first-order valence-electron chi connectivity index (χ1n) is 5.36. The zero-order valence-electron chi connectivity index (χ0n) is 9.26. The molecular weight excluding hydrogens is 224 g/mol. The van der Waals surface area contributed by atoms with Gasteiger partial charge in [0.25, 0.3) is 0 Å². The van der Waals surface area contributed by atoms with Crippen LogP contribution in [0.3, 0.4) is 0 Å². The Morgan fingerprint density at radius 1 is 1.31 bits per heavy atom. The third-order valence-electron chi connectivity index (χ3n) is 2.94. The predicted octanol–water partition coefficient (Wildman–Crippen LogP) is 0.815. The van der Waals surface area contributed by atoms with E-state index in [0.717, 1.165) is 12.2 Å². The Kier molecular flexibility index (Phi) is 3.16. The molecule has 2 rings (SSSR count). The number of para-hydroxylation sites is 1. The predicted molar refractivity (Wildman–Crippen MR) is 65.0 cm³/mol. The Balaban J connectivity index is 2.24. The summed E-state index contributed by atoms with van der Waals surface area (Å²) in [6, 6.07) is 9.17. The molecule has 0 aliphatic carbocycles. The van der Waals surface area contributed by atoms with E-state index in [1.165, 1.54) is 4.31 Å². The van der Waals surface area contributed by atoms with Crippen LogP contribution in [0.15, 0.2) is 30.3 Å². The molecule has 0 amide bonds. The highest BCUT2D eigenvalue weighted by molar-refractivity contribution is 7.93. The highest BCUT2D eigenvalue weighted by atomic mass is 32.2. The lowest BCUT2D eigenvalue weighted by atomic mass is 10.3. The third-order valence-corrected chi connectivity index (χ3v) is 5.16. The second-order valence-corrected chi connectivity index (χ2v) is 6.21. The Morgan fingerprint density at radius 2 is 2.00 bits per heavy atom. The molecule has 1 fully saturated rings. The van der Waals surface area contributed by atoms with Gasteiger partial charge in [-0.1, -0.05) is 18.2 Å². The second kappa shape index (κ2) is 4.43. The molecule has 4 nitrogen and oxygen atoms in total. The molecule has 0 saturated carbocycles. The van der Waals surface area contributed by atoms with E-state index in [1.54, 1.807) is 19.2 Å². The molecule has 88 valence electrons. The van der Waals surface area contributed by atoms with E-state index in [-0.39, 0.29) is 5.25 Å². The lowest BCUT2D eigenvalue weighted by Crippen LogP contribution is -2.37. The standard InChI is InChI=1S/C11H16N2O2S/c1-13(10-5-3-2-4-6-10)16(14,15)11-7-8-12-9-11/h2-6,11-12H,7-9H2,1H3. The lowest BCUT2D eigenvalue weighted by molar-refractivity contribution is 0.581. The molecule has 0 bridgehead atoms. The van der Waals surface area contributed by atoms with Gasteiger partial charge in [0.05, 0.1) is 10.9 Å². The molecule has 0 aromatic heterocycles. The molecular formula is C11H16N2O2S. The van der Waals surface area contributed by atoms with Crippen molar-refractivity contribution in [3.63, 3.8) is 0 Å². The van der Waals surface area contributed by atoms with Gasteiger partial charge in [0.15, 0.2) is 0 Å². The molecule has 1 aromatic rings. The van der Waals surface area contributed by atoms with Gasteiger partial charge in [-0.05, 0) is 25.1 Å². The summed E-state index contributed by atoms with van der Waals surface area (Å²) in [7, 11) is -1.61. The average Bonchev–Trinajstić information content (AvgIpc) is 2.83. The summed E-state index contributed by atoms with van der Waals surface area (Å²) >= 11 is 0. The second-order valence-electron chi connectivity index (χ2n) is 3.96. The highest BCUT2D eigenvalue weighted by Gasteiger charge is 2.32. The molecule has 1 aliphatic rings. The summed E-state index contributed by atoms with van der Waals surface area (Å²) in [6.45, 7) is 1.34. The van der Waals surface area contributed by atoms with Crippen molar-refractivity contribution in [1.29, 1.82) is 0 Å². The van der Waals surface area contributed by atoms with E-state index in [9.17, 15) is 8.42 Å². The summed E-state index contributed by atoms with van der Waals surface area (Å²) in [6.07, 6.45) is 0.694. The van der Waals surface area contributed by atoms with Crippen LogP contribution in [0.5, 0.6) is 0 Å². The van der Waals surface area contributed by atoms with Crippen LogP contribution >= 0.6 is 0 Å². The minimum Gasteiger partial charge on any atom is -0.315 e. The van der Waals surface area contributed by atoms with E-state index < -0.39 is 10.0 Å². The van der Waals surface area contributed by atoms with Crippen molar-refractivity contribution in [2.75, 3.05) is 24.4 Å². The van der Waals surface area contributed by atoms with Gasteiger partial charge in [0.2, 0.25) is 10.0 Å². The highest BCUT2D eigenvalue weighted by Crippen LogP contribution is 2.20. The summed E-state index contributed by atoms with van der Waals surface area (Å²) in [5, 5.41) is 2.79. The summed E-state index contributed by atoms with van der Waals surface area (Å²) < 4.78 is 25.8. The van der Waals surface area contributed by atoms with Crippen LogP contribution in [0.4, 0.5) is 5.69 Å². The van der Waals surface area contributed by atoms with Crippen molar-refractivity contribution >= 4 is 15.7 Å². The summed E-state index contributed by atoms with van der Waals surface area (Å²) in [5.41, 5.74) is 0.717. The maximum Gasteiger partial charge on any atom is 0.239 e. The number of hydrogen-bond acceptors (Lipinski definition) is 3. The van der Waals surface area contributed by atoms with Crippen LogP contribution in [0, 0.1) is 0 Å². The number of nitrogens with zero attached hydrogens (tertiary/aromatic N) is 1. The van der Waals surface area contributed by atoms with E-state index in [4.69, 9.17) is 0 Å². The maximum absolute atomic E-state index is 12.2. The molecule has 1 aliphatic heterocycles. The van der Waals surface area contributed by atoms with Crippen molar-refractivity contribution in [3.8, 4) is 0 Å². The van der Waals surface area contributed by atoms with Crippen molar-refractivity contribution in [2.45, 2.75) is 11.7 Å². The van der Waals surface area contributed by atoms with Crippen LogP contribution in [-0.4, -0.2) is 33.8 Å². The molecule has 5 heteroatoms. The van der Waals surface area contributed by atoms with Crippen LogP contribution in [0.25, 0.3) is 0 Å². The Morgan fingerprint density at radius 3 is 2.56 bits per heavy atom. The van der Waals surface area contributed by atoms with Gasteiger partial charge in [-0.25, -0.2) is 8.42 Å². The van der Waals surface area contributed by atoms with Crippen molar-refractivity contribution < 1.29 is 8.42 Å².